The maximum absolute atomic E-state index is 13.2. The first-order valence-corrected chi connectivity index (χ1v) is 25.3. The molecular weight excluding hydrogens is 1790 g/mol. The Balaban J connectivity index is 0.000000490. The van der Waals surface area contributed by atoms with E-state index in [9.17, 15) is 23.2 Å². The number of benzene rings is 4. The number of pyridine rings is 5. The normalized spacial score (nSPS) is 10.7. The Bertz CT molecular complexity index is 3500. The molecule has 0 spiro atoms. The summed E-state index contributed by atoms with van der Waals surface area (Å²) in [7, 11) is 0. The maximum Gasteiger partial charge on any atom is 0.354 e. The van der Waals surface area contributed by atoms with Crippen molar-refractivity contribution in [3.8, 4) is 33.1 Å². The topological polar surface area (TPSA) is 176 Å². The number of carbonyl (C=O) groups is 3. The van der Waals surface area contributed by atoms with E-state index in [0.717, 1.165) is 58.0 Å². The number of aromatic carboxylic acids is 1. The number of rotatable bonds is 7. The van der Waals surface area contributed by atoms with E-state index < -0.39 is 17.6 Å². The van der Waals surface area contributed by atoms with E-state index in [1.165, 1.54) is 79.6 Å². The molecule has 1 aliphatic carbocycles. The smallest absolute Gasteiger partial charge is 0.354 e. The minimum atomic E-state index is -0.990. The van der Waals surface area contributed by atoms with Crippen LogP contribution in [0.5, 0.6) is 0 Å². The summed E-state index contributed by atoms with van der Waals surface area (Å²) in [5.41, 5.74) is 7.20. The fraction of sp³-hybridized carbons (Fsp3) is 0.108. The van der Waals surface area contributed by atoms with Crippen molar-refractivity contribution in [2.45, 2.75) is 47.0 Å². The molecule has 1 aliphatic rings. The van der Waals surface area contributed by atoms with Crippen LogP contribution < -0.4 is 0 Å². The van der Waals surface area contributed by atoms with Gasteiger partial charge in [0.05, 0.1) is 11.5 Å². The summed E-state index contributed by atoms with van der Waals surface area (Å²) in [4.78, 5) is 52.0. The van der Waals surface area contributed by atoms with Crippen molar-refractivity contribution >= 4 is 55.4 Å². The van der Waals surface area contributed by atoms with Crippen molar-refractivity contribution in [2.24, 2.45) is 0 Å². The van der Waals surface area contributed by atoms with Crippen LogP contribution in [0.15, 0.2) is 218 Å². The third-order valence-electron chi connectivity index (χ3n) is 10.2. The van der Waals surface area contributed by atoms with Crippen LogP contribution in [-0.4, -0.2) is 57.8 Å². The number of hydrogen-bond donors (Lipinski definition) is 3. The van der Waals surface area contributed by atoms with E-state index in [0.29, 0.717) is 5.69 Å². The Morgan fingerprint density at radius 1 is 0.578 bits per heavy atom. The minimum absolute atomic E-state index is 0. The van der Waals surface area contributed by atoms with Crippen LogP contribution in [0, 0.1) is 35.9 Å². The number of nitrogens with zero attached hydrogens (tertiary/aromatic N) is 5. The molecule has 0 unspecified atom stereocenters. The van der Waals surface area contributed by atoms with Gasteiger partial charge in [-0.1, -0.05) is 109 Å². The molecule has 6 aromatic heterocycles. The van der Waals surface area contributed by atoms with Crippen LogP contribution in [0.3, 0.4) is 0 Å². The predicted molar refractivity (Wildman–Crippen MR) is 308 cm³/mol. The second kappa shape index (κ2) is 41.0. The molecule has 11 nitrogen and oxygen atoms in total. The molecule has 0 saturated heterocycles. The van der Waals surface area contributed by atoms with Gasteiger partial charge in [-0.05, 0) is 90.4 Å². The zero-order valence-electron chi connectivity index (χ0n) is 45.1. The number of aliphatic hydroxyl groups is 2. The fourth-order valence-electron chi connectivity index (χ4n) is 6.88. The Kier molecular flexibility index (Phi) is 36.5. The van der Waals surface area contributed by atoms with Crippen molar-refractivity contribution in [2.75, 3.05) is 0 Å². The monoisotopic (exact) mass is 1840 g/mol. The van der Waals surface area contributed by atoms with Gasteiger partial charge in [0.1, 0.15) is 5.69 Å². The average Bonchev–Trinajstić information content (AvgIpc) is 4.38. The number of halogens is 2. The van der Waals surface area contributed by atoms with Crippen LogP contribution in [0.1, 0.15) is 63.1 Å². The molecule has 10 aromatic rings. The summed E-state index contributed by atoms with van der Waals surface area (Å²) < 4.78 is 27.1. The van der Waals surface area contributed by atoms with E-state index in [-0.39, 0.29) is 115 Å². The van der Waals surface area contributed by atoms with Gasteiger partial charge in [-0.25, -0.2) is 21.1 Å². The summed E-state index contributed by atoms with van der Waals surface area (Å²) in [6, 6.07) is 61.2. The summed E-state index contributed by atoms with van der Waals surface area (Å²) in [5.74, 6) is -2.40. The number of hydrogen-bond acceptors (Lipinski definition) is 11. The van der Waals surface area contributed by atoms with Gasteiger partial charge in [0, 0.05) is 140 Å². The van der Waals surface area contributed by atoms with Crippen LogP contribution in [0.2, 0.25) is 0 Å². The van der Waals surface area contributed by atoms with Crippen molar-refractivity contribution in [1.29, 1.82) is 0 Å². The molecule has 0 bridgehead atoms. The fourth-order valence-corrected chi connectivity index (χ4v) is 7.86. The van der Waals surface area contributed by atoms with Crippen LogP contribution in [-0.2, 0) is 90.0 Å². The van der Waals surface area contributed by atoms with E-state index in [1.54, 1.807) is 54.1 Å². The van der Waals surface area contributed by atoms with Crippen LogP contribution >= 0.6 is 11.3 Å². The zero-order chi connectivity index (χ0) is 56.8. The van der Waals surface area contributed by atoms with Crippen molar-refractivity contribution < 1.29 is 119 Å². The van der Waals surface area contributed by atoms with Gasteiger partial charge in [-0.3, -0.25) is 24.4 Å². The van der Waals surface area contributed by atoms with Crippen molar-refractivity contribution in [1.82, 2.24) is 24.9 Å². The molecule has 83 heavy (non-hydrogen) atoms. The molecule has 18 heteroatoms. The Morgan fingerprint density at radius 3 is 1.61 bits per heavy atom. The molecule has 4 radical (unpaired) electrons. The number of carbonyl (C=O) groups excluding carboxylic acids is 2. The second-order valence-electron chi connectivity index (χ2n) is 16.7. The predicted octanol–water partition coefficient (Wildman–Crippen LogP) is 15.6. The quantitative estimate of drug-likeness (QED) is 0.0786. The van der Waals surface area contributed by atoms with E-state index in [2.05, 4.69) is 91.7 Å². The number of carboxylic acid groups (broad SMARTS) is 1. The molecule has 6 heterocycles. The minimum Gasteiger partial charge on any atom is -0.512 e. The third-order valence-corrected chi connectivity index (χ3v) is 11.3. The number of fused-ring (bicyclic) bond motifs is 2. The average molecular weight is 1840 g/mol. The number of thiophene rings is 1. The molecule has 436 valence electrons. The SMILES string of the molecule is CC(=O)C=C(C)O.CC(=O)C=C(C)O.Fc1c[c-]c(-c2ccccn2)c(F)c1.O=C(O)c1ccccn1.[C-]1=C(c2ccc3ccccc3n2)CCC1.[Ir].[Ir].[Ir].[Ir].[c-]1c(-c2ccccn2)sc2ccccc12.[c-]1ccccc1-c1ccccn1. The standard InChI is InChI=1S/C14H12N.C13H8NS.C11H6F2N.C11H8N.C6H5NO2.2C5H8O2.4Ir/c1-2-6-11(5-1)14-10-9-12-7-3-4-8-13(12)15-14;1-2-7-12-10(5-1)9-13(15-12)11-6-3-4-8-14-11;12-8-4-5-9(10(13)7-8)11-3-1-2-6-14-11;1-2-6-10(7-3-1)11-8-4-5-9-12-11;8-6(9)5-3-1-2-4-7-5;2*1-4(6)3-5(2)7;;;;/h3-4,7-10H,1-2,5H2;1-8H;1-4,6-7H;1-6,8-9H;1-4H,(H,8,9);2*3,6H,1-2H3;;;;/q4*-1;;;;;;;. The molecule has 4 aromatic carbocycles. The largest absolute Gasteiger partial charge is 0.512 e. The second-order valence-corrected chi connectivity index (χ2v) is 17.8. The number of allylic oxidation sites excluding steroid dienone is 6. The van der Waals surface area contributed by atoms with Gasteiger partial charge in [-0.2, -0.15) is 5.57 Å². The number of aliphatic hydroxyl groups excluding tert-OH is 2. The molecule has 3 N–H and O–H groups in total. The van der Waals surface area contributed by atoms with E-state index in [1.807, 2.05) is 85.1 Å². The molecule has 0 atom stereocenters. The Hall–Kier alpha value is -7.06. The first kappa shape index (κ1) is 74.0. The maximum atomic E-state index is 13.2. The number of ketones is 2. The number of aromatic nitrogens is 5. The third kappa shape index (κ3) is 27.7. The Morgan fingerprint density at radius 2 is 1.13 bits per heavy atom. The van der Waals surface area contributed by atoms with Gasteiger partial charge in [-0.15, -0.1) is 84.1 Å². The van der Waals surface area contributed by atoms with Gasteiger partial charge in [0.15, 0.2) is 11.6 Å². The first-order valence-electron chi connectivity index (χ1n) is 24.5. The molecular formula is C65H55F2Ir4N5O6S-4. The molecule has 11 rings (SSSR count). The summed E-state index contributed by atoms with van der Waals surface area (Å²) in [5, 5.41) is 27.4. The molecule has 0 saturated carbocycles. The zero-order valence-corrected chi connectivity index (χ0v) is 55.4. The van der Waals surface area contributed by atoms with Gasteiger partial charge in [0.25, 0.3) is 0 Å². The number of para-hydroxylation sites is 1. The van der Waals surface area contributed by atoms with Crippen LogP contribution in [0.25, 0.3) is 59.6 Å². The summed E-state index contributed by atoms with van der Waals surface area (Å²) in [6.07, 6.45) is 15.8. The van der Waals surface area contributed by atoms with Crippen LogP contribution in [0.4, 0.5) is 8.78 Å². The van der Waals surface area contributed by atoms with Crippen molar-refractivity contribution in [3.63, 3.8) is 0 Å². The summed E-state index contributed by atoms with van der Waals surface area (Å²) >= 11 is 1.73. The van der Waals surface area contributed by atoms with Gasteiger partial charge in [0.2, 0.25) is 0 Å². The Labute approximate surface area is 540 Å². The summed E-state index contributed by atoms with van der Waals surface area (Å²) in [6.45, 7) is 5.70. The molecule has 0 fully saturated rings. The van der Waals surface area contributed by atoms with E-state index in [4.69, 9.17) is 15.3 Å². The first-order chi connectivity index (χ1) is 38.2. The van der Waals surface area contributed by atoms with E-state index >= 15 is 0 Å². The number of carboxylic acids is 1. The molecule has 0 aliphatic heterocycles. The van der Waals surface area contributed by atoms with Gasteiger partial charge < -0.3 is 35.3 Å². The van der Waals surface area contributed by atoms with Gasteiger partial charge >= 0.3 is 5.97 Å². The molecule has 0 amide bonds. The van der Waals surface area contributed by atoms with Crippen molar-refractivity contribution in [3.05, 3.63) is 266 Å².